The van der Waals surface area contributed by atoms with Gasteiger partial charge in [0.25, 0.3) is 0 Å². The molecule has 0 aromatic rings. The Balaban J connectivity index is 2.43. The number of nitrogens with zero attached hydrogens (tertiary/aromatic N) is 1. The summed E-state index contributed by atoms with van der Waals surface area (Å²) in [5.74, 6) is 0.273. The van der Waals surface area contributed by atoms with E-state index in [9.17, 15) is 0 Å². The van der Waals surface area contributed by atoms with Crippen LogP contribution < -0.4 is 5.73 Å². The van der Waals surface area contributed by atoms with Crippen LogP contribution in [0, 0.1) is 5.41 Å². The Morgan fingerprint density at radius 3 is 3.07 bits per heavy atom. The summed E-state index contributed by atoms with van der Waals surface area (Å²) >= 11 is 0. The van der Waals surface area contributed by atoms with E-state index in [4.69, 9.17) is 15.9 Å². The molecule has 4 heteroatoms. The monoisotopic (exact) mass is 199 g/mol. The Hall–Kier alpha value is -0.610. The SMILES string of the molecule is CC1CN(C(C)CC(=N)N)CCCO1. The van der Waals surface area contributed by atoms with Crippen molar-refractivity contribution >= 4 is 5.84 Å². The average molecular weight is 199 g/mol. The molecule has 0 aromatic carbocycles. The summed E-state index contributed by atoms with van der Waals surface area (Å²) in [6, 6.07) is 0.358. The lowest BCUT2D eigenvalue weighted by Gasteiger charge is -2.28. The van der Waals surface area contributed by atoms with Crippen LogP contribution >= 0.6 is 0 Å². The Morgan fingerprint density at radius 2 is 2.43 bits per heavy atom. The summed E-state index contributed by atoms with van der Waals surface area (Å²) in [4.78, 5) is 2.36. The van der Waals surface area contributed by atoms with Crippen LogP contribution in [0.1, 0.15) is 26.7 Å². The molecule has 1 heterocycles. The van der Waals surface area contributed by atoms with E-state index in [2.05, 4.69) is 18.7 Å². The Labute approximate surface area is 85.9 Å². The van der Waals surface area contributed by atoms with Gasteiger partial charge in [0.15, 0.2) is 0 Å². The lowest BCUT2D eigenvalue weighted by atomic mass is 10.1. The van der Waals surface area contributed by atoms with Crippen molar-refractivity contribution in [2.45, 2.75) is 38.8 Å². The van der Waals surface area contributed by atoms with Crippen molar-refractivity contribution in [2.75, 3.05) is 19.7 Å². The molecule has 0 spiro atoms. The van der Waals surface area contributed by atoms with E-state index in [1.54, 1.807) is 0 Å². The van der Waals surface area contributed by atoms with Crippen molar-refractivity contribution < 1.29 is 4.74 Å². The van der Waals surface area contributed by atoms with Gasteiger partial charge < -0.3 is 10.5 Å². The van der Waals surface area contributed by atoms with E-state index in [1.807, 2.05) is 0 Å². The molecule has 0 radical (unpaired) electrons. The van der Waals surface area contributed by atoms with Crippen LogP contribution in [-0.2, 0) is 4.74 Å². The second-order valence-corrected chi connectivity index (χ2v) is 4.11. The fraction of sp³-hybridized carbons (Fsp3) is 0.900. The number of hydrogen-bond donors (Lipinski definition) is 2. The average Bonchev–Trinajstić information content (AvgIpc) is 2.28. The van der Waals surface area contributed by atoms with Crippen LogP contribution in [-0.4, -0.2) is 42.6 Å². The zero-order valence-corrected chi connectivity index (χ0v) is 9.12. The van der Waals surface area contributed by atoms with E-state index in [-0.39, 0.29) is 5.84 Å². The predicted octanol–water partition coefficient (Wildman–Crippen LogP) is 0.812. The van der Waals surface area contributed by atoms with Gasteiger partial charge >= 0.3 is 0 Å². The second-order valence-electron chi connectivity index (χ2n) is 4.11. The summed E-state index contributed by atoms with van der Waals surface area (Å²) < 4.78 is 5.56. The third kappa shape index (κ3) is 3.64. The second kappa shape index (κ2) is 5.32. The minimum atomic E-state index is 0.273. The van der Waals surface area contributed by atoms with Crippen LogP contribution in [0.25, 0.3) is 0 Å². The summed E-state index contributed by atoms with van der Waals surface area (Å²) in [5.41, 5.74) is 5.40. The van der Waals surface area contributed by atoms with Crippen LogP contribution in [0.5, 0.6) is 0 Å². The molecule has 14 heavy (non-hydrogen) atoms. The molecule has 3 N–H and O–H groups in total. The van der Waals surface area contributed by atoms with Gasteiger partial charge in [-0.15, -0.1) is 0 Å². The molecule has 1 saturated heterocycles. The van der Waals surface area contributed by atoms with Gasteiger partial charge in [0.05, 0.1) is 11.9 Å². The molecule has 0 saturated carbocycles. The van der Waals surface area contributed by atoms with E-state index >= 15 is 0 Å². The first-order valence-corrected chi connectivity index (χ1v) is 5.28. The highest BCUT2D eigenvalue weighted by Crippen LogP contribution is 2.10. The smallest absolute Gasteiger partial charge is 0.0920 e. The highest BCUT2D eigenvalue weighted by molar-refractivity contribution is 5.77. The van der Waals surface area contributed by atoms with Crippen molar-refractivity contribution in [3.05, 3.63) is 0 Å². The summed E-state index contributed by atoms with van der Waals surface area (Å²) in [5, 5.41) is 7.27. The van der Waals surface area contributed by atoms with Crippen LogP contribution in [0.2, 0.25) is 0 Å². The normalized spacial score (nSPS) is 26.9. The number of hydrogen-bond acceptors (Lipinski definition) is 3. The van der Waals surface area contributed by atoms with E-state index in [0.717, 1.165) is 26.1 Å². The maximum absolute atomic E-state index is 7.27. The van der Waals surface area contributed by atoms with Gasteiger partial charge in [0, 0.05) is 32.2 Å². The molecule has 1 aliphatic heterocycles. The molecule has 4 nitrogen and oxygen atoms in total. The van der Waals surface area contributed by atoms with Gasteiger partial charge in [0.2, 0.25) is 0 Å². The number of ether oxygens (including phenoxy) is 1. The Morgan fingerprint density at radius 1 is 1.71 bits per heavy atom. The first-order valence-electron chi connectivity index (χ1n) is 5.28. The summed E-state index contributed by atoms with van der Waals surface area (Å²) in [6.07, 6.45) is 2.03. The third-order valence-corrected chi connectivity index (χ3v) is 2.62. The van der Waals surface area contributed by atoms with Crippen molar-refractivity contribution in [2.24, 2.45) is 5.73 Å². The zero-order valence-electron chi connectivity index (χ0n) is 9.12. The van der Waals surface area contributed by atoms with Gasteiger partial charge in [-0.2, -0.15) is 0 Å². The van der Waals surface area contributed by atoms with Crippen LogP contribution in [0.3, 0.4) is 0 Å². The minimum absolute atomic E-state index is 0.273. The van der Waals surface area contributed by atoms with E-state index in [1.165, 1.54) is 0 Å². The van der Waals surface area contributed by atoms with Gasteiger partial charge in [-0.3, -0.25) is 10.3 Å². The maximum Gasteiger partial charge on any atom is 0.0920 e. The quantitative estimate of drug-likeness (QED) is 0.522. The molecule has 82 valence electrons. The van der Waals surface area contributed by atoms with Crippen molar-refractivity contribution in [3.8, 4) is 0 Å². The molecule has 0 aliphatic carbocycles. The van der Waals surface area contributed by atoms with Crippen LogP contribution in [0.15, 0.2) is 0 Å². The molecule has 1 fully saturated rings. The molecule has 2 unspecified atom stereocenters. The van der Waals surface area contributed by atoms with Crippen molar-refractivity contribution in [1.82, 2.24) is 4.90 Å². The van der Waals surface area contributed by atoms with Crippen molar-refractivity contribution in [1.29, 1.82) is 5.41 Å². The molecule has 0 amide bonds. The third-order valence-electron chi connectivity index (χ3n) is 2.62. The predicted molar refractivity (Wildman–Crippen MR) is 57.6 cm³/mol. The van der Waals surface area contributed by atoms with Crippen LogP contribution in [0.4, 0.5) is 0 Å². The topological polar surface area (TPSA) is 62.3 Å². The number of amidine groups is 1. The van der Waals surface area contributed by atoms with Gasteiger partial charge in [0.1, 0.15) is 0 Å². The molecule has 0 bridgehead atoms. The largest absolute Gasteiger partial charge is 0.388 e. The molecular weight excluding hydrogens is 178 g/mol. The molecule has 1 rings (SSSR count). The fourth-order valence-corrected chi connectivity index (χ4v) is 1.87. The van der Waals surface area contributed by atoms with E-state index < -0.39 is 0 Å². The Kier molecular flexibility index (Phi) is 4.35. The maximum atomic E-state index is 7.27. The highest BCUT2D eigenvalue weighted by atomic mass is 16.5. The summed E-state index contributed by atoms with van der Waals surface area (Å²) in [7, 11) is 0. The number of nitrogens with one attached hydrogen (secondary N) is 1. The first-order chi connectivity index (χ1) is 6.59. The van der Waals surface area contributed by atoms with Gasteiger partial charge in [-0.25, -0.2) is 0 Å². The lowest BCUT2D eigenvalue weighted by Crippen LogP contribution is -2.39. The van der Waals surface area contributed by atoms with E-state index in [0.29, 0.717) is 18.6 Å². The summed E-state index contributed by atoms with van der Waals surface area (Å²) in [6.45, 7) is 7.08. The van der Waals surface area contributed by atoms with Gasteiger partial charge in [-0.05, 0) is 20.3 Å². The minimum Gasteiger partial charge on any atom is -0.388 e. The first kappa shape index (κ1) is 11.5. The Bertz CT molecular complexity index is 196. The van der Waals surface area contributed by atoms with Crippen molar-refractivity contribution in [3.63, 3.8) is 0 Å². The lowest BCUT2D eigenvalue weighted by molar-refractivity contribution is 0.0625. The standard InChI is InChI=1S/C10H21N3O/c1-8(6-10(11)12)13-4-3-5-14-9(2)7-13/h8-9H,3-7H2,1-2H3,(H3,11,12). The fourth-order valence-electron chi connectivity index (χ4n) is 1.87. The number of nitrogens with two attached hydrogens (primary N) is 1. The molecule has 2 atom stereocenters. The molecule has 0 aromatic heterocycles. The van der Waals surface area contributed by atoms with Gasteiger partial charge in [-0.1, -0.05) is 0 Å². The number of rotatable bonds is 3. The zero-order chi connectivity index (χ0) is 10.6. The highest BCUT2D eigenvalue weighted by Gasteiger charge is 2.19. The molecular formula is C10H21N3O. The molecule has 1 aliphatic rings.